The van der Waals surface area contributed by atoms with Crippen LogP contribution in [0.3, 0.4) is 0 Å². The van der Waals surface area contributed by atoms with Gasteiger partial charge in [-0.05, 0) is 19.3 Å². The first kappa shape index (κ1) is 11.2. The predicted molar refractivity (Wildman–Crippen MR) is 51.6 cm³/mol. The lowest BCUT2D eigenvalue weighted by Gasteiger charge is -2.08. The van der Waals surface area contributed by atoms with Crippen LogP contribution in [0.4, 0.5) is 0 Å². The van der Waals surface area contributed by atoms with Gasteiger partial charge in [0.15, 0.2) is 0 Å². The molecule has 0 aromatic carbocycles. The third-order valence-electron chi connectivity index (χ3n) is 2.30. The van der Waals surface area contributed by atoms with Gasteiger partial charge >= 0.3 is 0 Å². The predicted octanol–water partition coefficient (Wildman–Crippen LogP) is 2.24. The standard InChI is InChI=1S/C10H19NO/c1-4-9(5-2)7-6-8(3)10(11)12/h6,9H,4-5,7H2,1-3H3,(H2,11,12)/b8-6+. The molecule has 0 aliphatic carbocycles. The second-order valence-corrected chi connectivity index (χ2v) is 3.17. The first-order chi connectivity index (χ1) is 5.61. The zero-order chi connectivity index (χ0) is 9.56. The van der Waals surface area contributed by atoms with E-state index in [2.05, 4.69) is 13.8 Å². The Morgan fingerprint density at radius 2 is 1.92 bits per heavy atom. The van der Waals surface area contributed by atoms with Crippen LogP contribution in [0.2, 0.25) is 0 Å². The average Bonchev–Trinajstić information content (AvgIpc) is 2.05. The molecule has 0 bridgehead atoms. The van der Waals surface area contributed by atoms with E-state index >= 15 is 0 Å². The maximum atomic E-state index is 10.6. The maximum absolute atomic E-state index is 10.6. The van der Waals surface area contributed by atoms with Crippen LogP contribution in [0.5, 0.6) is 0 Å². The van der Waals surface area contributed by atoms with Crippen molar-refractivity contribution < 1.29 is 4.79 Å². The van der Waals surface area contributed by atoms with Crippen LogP contribution < -0.4 is 5.73 Å². The summed E-state index contributed by atoms with van der Waals surface area (Å²) < 4.78 is 0. The van der Waals surface area contributed by atoms with Gasteiger partial charge < -0.3 is 5.73 Å². The lowest BCUT2D eigenvalue weighted by Crippen LogP contribution is -2.11. The largest absolute Gasteiger partial charge is 0.366 e. The number of amides is 1. The summed E-state index contributed by atoms with van der Waals surface area (Å²) in [5, 5.41) is 0. The third kappa shape index (κ3) is 4.16. The molecule has 0 fully saturated rings. The molecule has 1 amide bonds. The van der Waals surface area contributed by atoms with Gasteiger partial charge in [0, 0.05) is 5.57 Å². The molecule has 0 spiro atoms. The molecule has 70 valence electrons. The average molecular weight is 169 g/mol. The molecule has 0 aromatic rings. The zero-order valence-electron chi connectivity index (χ0n) is 8.26. The zero-order valence-corrected chi connectivity index (χ0v) is 8.26. The van der Waals surface area contributed by atoms with Gasteiger partial charge in [-0.1, -0.05) is 32.8 Å². The number of carbonyl (C=O) groups is 1. The highest BCUT2D eigenvalue weighted by molar-refractivity contribution is 5.91. The normalized spacial score (nSPS) is 12.2. The van der Waals surface area contributed by atoms with E-state index < -0.39 is 0 Å². The minimum absolute atomic E-state index is 0.305. The molecule has 0 aliphatic rings. The lowest BCUT2D eigenvalue weighted by atomic mass is 9.98. The second kappa shape index (κ2) is 5.81. The van der Waals surface area contributed by atoms with Crippen molar-refractivity contribution in [3.63, 3.8) is 0 Å². The van der Waals surface area contributed by atoms with Crippen molar-refractivity contribution in [1.82, 2.24) is 0 Å². The highest BCUT2D eigenvalue weighted by Crippen LogP contribution is 2.13. The van der Waals surface area contributed by atoms with Crippen LogP contribution in [-0.2, 0) is 4.79 Å². The molecule has 0 unspecified atom stereocenters. The summed E-state index contributed by atoms with van der Waals surface area (Å²) in [6.07, 6.45) is 5.25. The van der Waals surface area contributed by atoms with Crippen LogP contribution in [0, 0.1) is 5.92 Å². The number of allylic oxidation sites excluding steroid dienone is 1. The van der Waals surface area contributed by atoms with Crippen molar-refractivity contribution in [3.05, 3.63) is 11.6 Å². The van der Waals surface area contributed by atoms with E-state index in [0.717, 1.165) is 6.42 Å². The molecule has 0 heterocycles. The highest BCUT2D eigenvalue weighted by Gasteiger charge is 2.02. The fraction of sp³-hybridized carbons (Fsp3) is 0.700. The minimum atomic E-state index is -0.305. The Hall–Kier alpha value is -0.790. The minimum Gasteiger partial charge on any atom is -0.366 e. The SMILES string of the molecule is CCC(CC)C/C=C(\C)C(N)=O. The summed E-state index contributed by atoms with van der Waals surface area (Å²) in [5.41, 5.74) is 5.78. The van der Waals surface area contributed by atoms with Gasteiger partial charge in [-0.15, -0.1) is 0 Å². The molecule has 2 N–H and O–H groups in total. The maximum Gasteiger partial charge on any atom is 0.244 e. The summed E-state index contributed by atoms with van der Waals surface area (Å²) in [5.74, 6) is 0.389. The van der Waals surface area contributed by atoms with E-state index in [4.69, 9.17) is 5.73 Å². The van der Waals surface area contributed by atoms with Crippen LogP contribution in [0.25, 0.3) is 0 Å². The van der Waals surface area contributed by atoms with Crippen molar-refractivity contribution in [2.24, 2.45) is 11.7 Å². The van der Waals surface area contributed by atoms with E-state index in [0.29, 0.717) is 11.5 Å². The van der Waals surface area contributed by atoms with Crippen LogP contribution in [-0.4, -0.2) is 5.91 Å². The molecule has 2 nitrogen and oxygen atoms in total. The van der Waals surface area contributed by atoms with Gasteiger partial charge in [0.25, 0.3) is 0 Å². The Morgan fingerprint density at radius 1 is 1.42 bits per heavy atom. The van der Waals surface area contributed by atoms with Crippen molar-refractivity contribution in [2.45, 2.75) is 40.0 Å². The fourth-order valence-corrected chi connectivity index (χ4v) is 1.07. The third-order valence-corrected chi connectivity index (χ3v) is 2.30. The number of hydrogen-bond donors (Lipinski definition) is 1. The summed E-state index contributed by atoms with van der Waals surface area (Å²) in [6.45, 7) is 6.11. The van der Waals surface area contributed by atoms with Gasteiger partial charge in [0.1, 0.15) is 0 Å². The van der Waals surface area contributed by atoms with Crippen molar-refractivity contribution in [2.75, 3.05) is 0 Å². The molecular formula is C10H19NO. The topological polar surface area (TPSA) is 43.1 Å². The first-order valence-corrected chi connectivity index (χ1v) is 4.58. The Bertz CT molecular complexity index is 169. The molecule has 0 saturated heterocycles. The van der Waals surface area contributed by atoms with E-state index in [-0.39, 0.29) is 5.91 Å². The molecule has 0 rings (SSSR count). The summed E-state index contributed by atoms with van der Waals surface area (Å²) in [4.78, 5) is 10.6. The number of primary amides is 1. The molecule has 2 heteroatoms. The molecule has 0 radical (unpaired) electrons. The van der Waals surface area contributed by atoms with Gasteiger partial charge in [-0.25, -0.2) is 0 Å². The summed E-state index contributed by atoms with van der Waals surface area (Å²) in [6, 6.07) is 0. The fourth-order valence-electron chi connectivity index (χ4n) is 1.07. The molecule has 0 aromatic heterocycles. The molecule has 0 saturated carbocycles. The quantitative estimate of drug-likeness (QED) is 0.630. The van der Waals surface area contributed by atoms with Gasteiger partial charge in [-0.2, -0.15) is 0 Å². The molecule has 12 heavy (non-hydrogen) atoms. The molecular weight excluding hydrogens is 150 g/mol. The van der Waals surface area contributed by atoms with Gasteiger partial charge in [-0.3, -0.25) is 4.79 Å². The lowest BCUT2D eigenvalue weighted by molar-refractivity contribution is -0.114. The number of nitrogens with two attached hydrogens (primary N) is 1. The number of carbonyl (C=O) groups excluding carboxylic acids is 1. The monoisotopic (exact) mass is 169 g/mol. The highest BCUT2D eigenvalue weighted by atomic mass is 16.1. The van der Waals surface area contributed by atoms with E-state index in [1.54, 1.807) is 6.92 Å². The number of rotatable bonds is 5. The summed E-state index contributed by atoms with van der Waals surface area (Å²) >= 11 is 0. The van der Waals surface area contributed by atoms with Crippen LogP contribution in [0.1, 0.15) is 40.0 Å². The second-order valence-electron chi connectivity index (χ2n) is 3.17. The van der Waals surface area contributed by atoms with E-state index in [1.165, 1.54) is 12.8 Å². The Labute approximate surface area is 74.8 Å². The van der Waals surface area contributed by atoms with Crippen LogP contribution in [0.15, 0.2) is 11.6 Å². The van der Waals surface area contributed by atoms with E-state index in [9.17, 15) is 4.79 Å². The first-order valence-electron chi connectivity index (χ1n) is 4.58. The molecule has 0 atom stereocenters. The van der Waals surface area contributed by atoms with Gasteiger partial charge in [0.05, 0.1) is 0 Å². The smallest absolute Gasteiger partial charge is 0.244 e. The Morgan fingerprint density at radius 3 is 2.25 bits per heavy atom. The Balaban J connectivity index is 3.93. The van der Waals surface area contributed by atoms with E-state index in [1.807, 2.05) is 6.08 Å². The molecule has 0 aliphatic heterocycles. The van der Waals surface area contributed by atoms with Crippen LogP contribution >= 0.6 is 0 Å². The van der Waals surface area contributed by atoms with Crippen molar-refractivity contribution >= 4 is 5.91 Å². The van der Waals surface area contributed by atoms with Crippen molar-refractivity contribution in [3.8, 4) is 0 Å². The number of hydrogen-bond acceptors (Lipinski definition) is 1. The van der Waals surface area contributed by atoms with Crippen molar-refractivity contribution in [1.29, 1.82) is 0 Å². The Kier molecular flexibility index (Phi) is 5.43. The van der Waals surface area contributed by atoms with Gasteiger partial charge in [0.2, 0.25) is 5.91 Å². The summed E-state index contributed by atoms with van der Waals surface area (Å²) in [7, 11) is 0.